The van der Waals surface area contributed by atoms with Crippen molar-refractivity contribution in [3.05, 3.63) is 53.5 Å². The van der Waals surface area contributed by atoms with Crippen LogP contribution in [0.25, 0.3) is 11.3 Å². The Balaban J connectivity index is 1.68. The molecule has 1 aliphatic rings. The minimum Gasteiger partial charge on any atom is -0.360 e. The van der Waals surface area contributed by atoms with Gasteiger partial charge in [0, 0.05) is 43.4 Å². The maximum absolute atomic E-state index is 12.9. The van der Waals surface area contributed by atoms with Crippen LogP contribution in [0.15, 0.2) is 45.9 Å². The molecule has 0 saturated carbocycles. The molecule has 0 amide bonds. The van der Waals surface area contributed by atoms with Gasteiger partial charge >= 0.3 is 0 Å². The van der Waals surface area contributed by atoms with Crippen molar-refractivity contribution in [3.8, 4) is 11.3 Å². The molecule has 3 aromatic rings. The van der Waals surface area contributed by atoms with E-state index in [2.05, 4.69) is 10.3 Å². The number of fused-ring (bicyclic) bond motifs is 1. The summed E-state index contributed by atoms with van der Waals surface area (Å²) in [7, 11) is -1.70. The number of aromatic nitrogens is 3. The van der Waals surface area contributed by atoms with Crippen LogP contribution in [0, 0.1) is 6.92 Å². The summed E-state index contributed by atoms with van der Waals surface area (Å²) in [6.07, 6.45) is 2.52. The number of hydrogen-bond acceptors (Lipinski definition) is 5. The highest BCUT2D eigenvalue weighted by Gasteiger charge is 2.31. The Hall–Kier alpha value is -2.45. The number of sulfonamides is 1. The number of hydrogen-bond donors (Lipinski definition) is 0. The fourth-order valence-corrected chi connectivity index (χ4v) is 5.02. The molecule has 8 heteroatoms. The second-order valence-corrected chi connectivity index (χ2v) is 8.32. The number of benzene rings is 1. The van der Waals surface area contributed by atoms with Gasteiger partial charge in [0.1, 0.15) is 4.90 Å². The molecular formula is C18H20N4O3S. The molecule has 3 heterocycles. The molecule has 0 unspecified atom stereocenters. The first-order valence-electron chi connectivity index (χ1n) is 8.50. The van der Waals surface area contributed by atoms with E-state index in [4.69, 9.17) is 4.52 Å². The first kappa shape index (κ1) is 17.0. The summed E-state index contributed by atoms with van der Waals surface area (Å²) in [6.45, 7) is 2.43. The third-order valence-corrected chi connectivity index (χ3v) is 6.85. The van der Waals surface area contributed by atoms with Gasteiger partial charge in [-0.05, 0) is 13.3 Å². The predicted molar refractivity (Wildman–Crippen MR) is 96.1 cm³/mol. The van der Waals surface area contributed by atoms with E-state index in [0.29, 0.717) is 31.7 Å². The monoisotopic (exact) mass is 372 g/mol. The third kappa shape index (κ3) is 2.75. The van der Waals surface area contributed by atoms with Gasteiger partial charge in [-0.2, -0.15) is 9.40 Å². The van der Waals surface area contributed by atoms with Gasteiger partial charge in [0.25, 0.3) is 0 Å². The van der Waals surface area contributed by atoms with Crippen LogP contribution in [0.4, 0.5) is 0 Å². The van der Waals surface area contributed by atoms with Crippen molar-refractivity contribution in [3.63, 3.8) is 0 Å². The Labute approximate surface area is 152 Å². The lowest BCUT2D eigenvalue weighted by Gasteiger charge is -2.19. The summed E-state index contributed by atoms with van der Waals surface area (Å²) in [5.74, 6) is 0.318. The van der Waals surface area contributed by atoms with Gasteiger partial charge in [-0.1, -0.05) is 35.5 Å². The largest absolute Gasteiger partial charge is 0.360 e. The number of aryl methyl sites for hydroxylation is 2. The number of rotatable bonds is 3. The van der Waals surface area contributed by atoms with E-state index in [1.807, 2.05) is 42.1 Å². The van der Waals surface area contributed by atoms with E-state index in [0.717, 1.165) is 22.5 Å². The van der Waals surface area contributed by atoms with Crippen molar-refractivity contribution in [1.29, 1.82) is 0 Å². The van der Waals surface area contributed by atoms with E-state index < -0.39 is 10.0 Å². The lowest BCUT2D eigenvalue weighted by atomic mass is 10.0. The molecule has 0 atom stereocenters. The second-order valence-electron chi connectivity index (χ2n) is 6.41. The van der Waals surface area contributed by atoms with Gasteiger partial charge in [0.15, 0.2) is 5.76 Å². The smallest absolute Gasteiger partial charge is 0.248 e. The Morgan fingerprint density at radius 1 is 1.12 bits per heavy atom. The highest BCUT2D eigenvalue weighted by atomic mass is 32.2. The van der Waals surface area contributed by atoms with E-state index in [9.17, 15) is 8.42 Å². The molecule has 1 aliphatic heterocycles. The zero-order valence-corrected chi connectivity index (χ0v) is 15.5. The molecule has 0 N–H and O–H groups in total. The van der Waals surface area contributed by atoms with Crippen LogP contribution >= 0.6 is 0 Å². The molecule has 1 aromatic carbocycles. The average molecular weight is 372 g/mol. The average Bonchev–Trinajstić information content (AvgIpc) is 3.11. The zero-order chi connectivity index (χ0) is 18.3. The Morgan fingerprint density at radius 2 is 1.85 bits per heavy atom. The highest BCUT2D eigenvalue weighted by Crippen LogP contribution is 2.29. The molecule has 0 aliphatic carbocycles. The van der Waals surface area contributed by atoms with Gasteiger partial charge in [-0.15, -0.1) is 0 Å². The molecule has 0 saturated heterocycles. The lowest BCUT2D eigenvalue weighted by Crippen LogP contribution is -2.33. The molecule has 0 radical (unpaired) electrons. The summed E-state index contributed by atoms with van der Waals surface area (Å²) < 4.78 is 34.2. The summed E-state index contributed by atoms with van der Waals surface area (Å²) in [5.41, 5.74) is 4.20. The van der Waals surface area contributed by atoms with Crippen LogP contribution in [0.3, 0.4) is 0 Å². The molecule has 26 heavy (non-hydrogen) atoms. The maximum atomic E-state index is 12.9. The van der Waals surface area contributed by atoms with Crippen LogP contribution < -0.4 is 0 Å². The van der Waals surface area contributed by atoms with Crippen LogP contribution in [-0.2, 0) is 29.9 Å². The van der Waals surface area contributed by atoms with Crippen molar-refractivity contribution in [2.75, 3.05) is 13.1 Å². The molecule has 2 aromatic heterocycles. The van der Waals surface area contributed by atoms with E-state index in [1.54, 1.807) is 6.92 Å². The Bertz CT molecular complexity index is 1040. The molecule has 0 spiro atoms. The molecule has 7 nitrogen and oxygen atoms in total. The topological polar surface area (TPSA) is 81.2 Å². The Morgan fingerprint density at radius 3 is 2.54 bits per heavy atom. The van der Waals surface area contributed by atoms with Crippen molar-refractivity contribution >= 4 is 10.0 Å². The first-order valence-corrected chi connectivity index (χ1v) is 9.94. The maximum Gasteiger partial charge on any atom is 0.248 e. The van der Waals surface area contributed by atoms with Crippen molar-refractivity contribution in [1.82, 2.24) is 19.2 Å². The minimum atomic E-state index is -3.61. The van der Waals surface area contributed by atoms with Crippen LogP contribution in [0.1, 0.15) is 17.0 Å². The molecule has 4 rings (SSSR count). The summed E-state index contributed by atoms with van der Waals surface area (Å²) in [4.78, 5) is 0.143. The molecule has 136 valence electrons. The molecule has 0 bridgehead atoms. The predicted octanol–water partition coefficient (Wildman–Crippen LogP) is 2.17. The van der Waals surface area contributed by atoms with Crippen molar-refractivity contribution < 1.29 is 12.9 Å². The van der Waals surface area contributed by atoms with Crippen molar-refractivity contribution in [2.45, 2.75) is 24.7 Å². The van der Waals surface area contributed by atoms with Gasteiger partial charge in [-0.25, -0.2) is 8.42 Å². The van der Waals surface area contributed by atoms with E-state index in [1.165, 1.54) is 10.5 Å². The van der Waals surface area contributed by atoms with Gasteiger partial charge < -0.3 is 4.52 Å². The molecular weight excluding hydrogens is 352 g/mol. The Kier molecular flexibility index (Phi) is 4.16. The van der Waals surface area contributed by atoms with E-state index in [-0.39, 0.29) is 4.90 Å². The quantitative estimate of drug-likeness (QED) is 0.704. The minimum absolute atomic E-state index is 0.143. The third-order valence-electron chi connectivity index (χ3n) is 4.86. The van der Waals surface area contributed by atoms with Gasteiger partial charge in [0.2, 0.25) is 10.0 Å². The fourth-order valence-electron chi connectivity index (χ4n) is 3.50. The van der Waals surface area contributed by atoms with E-state index >= 15 is 0 Å². The number of nitrogens with zero attached hydrogens (tertiary/aromatic N) is 4. The summed E-state index contributed by atoms with van der Waals surface area (Å²) in [6, 6.07) is 10.0. The van der Waals surface area contributed by atoms with Gasteiger partial charge in [-0.3, -0.25) is 4.68 Å². The van der Waals surface area contributed by atoms with Crippen molar-refractivity contribution in [2.24, 2.45) is 7.05 Å². The highest BCUT2D eigenvalue weighted by molar-refractivity contribution is 7.89. The normalized spacial score (nSPS) is 15.6. The standard InChI is InChI=1S/C18H20N4O3S/c1-13-17(12-19-25-13)26(23,24)22-10-8-15-16(9-11-22)21(2)20-18(15)14-6-4-3-5-7-14/h3-7,12H,8-11H2,1-2H3. The SMILES string of the molecule is Cc1oncc1S(=O)(=O)N1CCc2c(-c3ccccc3)nn(C)c2CC1. The fraction of sp³-hybridized carbons (Fsp3) is 0.333. The lowest BCUT2D eigenvalue weighted by molar-refractivity contribution is 0.391. The molecule has 0 fully saturated rings. The second kappa shape index (κ2) is 6.37. The van der Waals surface area contributed by atoms with Crippen LogP contribution in [-0.4, -0.2) is 40.7 Å². The van der Waals surface area contributed by atoms with Gasteiger partial charge in [0.05, 0.1) is 11.9 Å². The summed E-state index contributed by atoms with van der Waals surface area (Å²) >= 11 is 0. The van der Waals surface area contributed by atoms with Crippen LogP contribution in [0.2, 0.25) is 0 Å². The summed E-state index contributed by atoms with van der Waals surface area (Å²) in [5, 5.41) is 8.29. The van der Waals surface area contributed by atoms with Crippen LogP contribution in [0.5, 0.6) is 0 Å². The first-order chi connectivity index (χ1) is 12.5. The zero-order valence-electron chi connectivity index (χ0n) is 14.7.